The minimum Gasteiger partial charge on any atom is -0.438 e. The topological polar surface area (TPSA) is 116 Å². The van der Waals surface area contributed by atoms with E-state index in [2.05, 4.69) is 20.9 Å². The third-order valence-corrected chi connectivity index (χ3v) is 3.90. The number of urea groups is 1. The highest BCUT2D eigenvalue weighted by molar-refractivity contribution is 5.95. The van der Waals surface area contributed by atoms with Gasteiger partial charge in [-0.2, -0.15) is 5.26 Å². The van der Waals surface area contributed by atoms with Crippen LogP contribution in [0.1, 0.15) is 24.0 Å². The minimum absolute atomic E-state index is 0.115. The molecule has 27 heavy (non-hydrogen) atoms. The monoisotopic (exact) mass is 365 g/mol. The maximum atomic E-state index is 12.0. The fraction of sp³-hybridized carbons (Fsp3) is 0.263. The Labute approximate surface area is 156 Å². The smallest absolute Gasteiger partial charge is 0.315 e. The van der Waals surface area contributed by atoms with E-state index in [4.69, 9.17) is 10.00 Å². The zero-order valence-corrected chi connectivity index (χ0v) is 14.8. The normalized spacial score (nSPS) is 12.6. The van der Waals surface area contributed by atoms with Crippen molar-refractivity contribution in [1.29, 1.82) is 5.26 Å². The van der Waals surface area contributed by atoms with Gasteiger partial charge < -0.3 is 20.7 Å². The highest BCUT2D eigenvalue weighted by atomic mass is 16.5. The van der Waals surface area contributed by atoms with Crippen LogP contribution in [0.3, 0.4) is 0 Å². The largest absolute Gasteiger partial charge is 0.438 e. The van der Waals surface area contributed by atoms with E-state index in [1.165, 1.54) is 0 Å². The summed E-state index contributed by atoms with van der Waals surface area (Å²) in [4.78, 5) is 27.6. The van der Waals surface area contributed by atoms with Crippen LogP contribution >= 0.6 is 0 Å². The molecule has 138 valence electrons. The van der Waals surface area contributed by atoms with Crippen LogP contribution in [-0.4, -0.2) is 29.5 Å². The number of rotatable bonds is 6. The average Bonchev–Trinajstić information content (AvgIpc) is 3.47. The third kappa shape index (κ3) is 5.19. The number of carbonyl (C=O) groups is 2. The lowest BCUT2D eigenvalue weighted by atomic mass is 10.2. The second kappa shape index (κ2) is 8.19. The van der Waals surface area contributed by atoms with Crippen LogP contribution in [0.25, 0.3) is 0 Å². The molecule has 1 fully saturated rings. The Kier molecular flexibility index (Phi) is 5.52. The third-order valence-electron chi connectivity index (χ3n) is 3.90. The summed E-state index contributed by atoms with van der Waals surface area (Å²) in [7, 11) is 0. The lowest BCUT2D eigenvalue weighted by molar-refractivity contribution is -0.115. The van der Waals surface area contributed by atoms with Crippen LogP contribution in [0, 0.1) is 18.3 Å². The van der Waals surface area contributed by atoms with Gasteiger partial charge in [-0.05, 0) is 55.7 Å². The second-order valence-corrected chi connectivity index (χ2v) is 6.20. The molecule has 0 saturated heterocycles. The summed E-state index contributed by atoms with van der Waals surface area (Å²) in [6, 6.07) is 10.3. The first kappa shape index (κ1) is 18.2. The SMILES string of the molecule is Cc1cc(Oc2ncccc2C#N)ccc1NC(=O)CNC(=O)NC1CC1. The van der Waals surface area contributed by atoms with E-state index in [0.717, 1.165) is 18.4 Å². The summed E-state index contributed by atoms with van der Waals surface area (Å²) >= 11 is 0. The number of nitrogens with zero attached hydrogens (tertiary/aromatic N) is 2. The van der Waals surface area contributed by atoms with Gasteiger partial charge in [-0.25, -0.2) is 9.78 Å². The van der Waals surface area contributed by atoms with Gasteiger partial charge >= 0.3 is 6.03 Å². The lowest BCUT2D eigenvalue weighted by Crippen LogP contribution is -2.40. The molecule has 8 nitrogen and oxygen atoms in total. The fourth-order valence-corrected chi connectivity index (χ4v) is 2.33. The minimum atomic E-state index is -0.336. The number of carbonyl (C=O) groups excluding carboxylic acids is 2. The molecule has 0 unspecified atom stereocenters. The maximum Gasteiger partial charge on any atom is 0.315 e. The number of hydrogen-bond acceptors (Lipinski definition) is 5. The summed E-state index contributed by atoms with van der Waals surface area (Å²) < 4.78 is 5.65. The molecule has 1 aliphatic rings. The summed E-state index contributed by atoms with van der Waals surface area (Å²) in [6.45, 7) is 1.70. The van der Waals surface area contributed by atoms with Gasteiger partial charge in [0.15, 0.2) is 0 Å². The quantitative estimate of drug-likeness (QED) is 0.727. The number of benzene rings is 1. The zero-order chi connectivity index (χ0) is 19.2. The van der Waals surface area contributed by atoms with Crippen molar-refractivity contribution in [3.8, 4) is 17.7 Å². The van der Waals surface area contributed by atoms with E-state index >= 15 is 0 Å². The zero-order valence-electron chi connectivity index (χ0n) is 14.8. The van der Waals surface area contributed by atoms with Crippen LogP contribution in [-0.2, 0) is 4.79 Å². The lowest BCUT2D eigenvalue weighted by Gasteiger charge is -2.12. The van der Waals surface area contributed by atoms with E-state index < -0.39 is 0 Å². The fourth-order valence-electron chi connectivity index (χ4n) is 2.33. The van der Waals surface area contributed by atoms with Crippen molar-refractivity contribution in [2.45, 2.75) is 25.8 Å². The molecule has 3 rings (SSSR count). The molecule has 0 bridgehead atoms. The van der Waals surface area contributed by atoms with Gasteiger partial charge in [0.25, 0.3) is 0 Å². The molecule has 1 saturated carbocycles. The molecule has 3 amide bonds. The molecule has 0 aliphatic heterocycles. The molecule has 1 aromatic carbocycles. The first-order chi connectivity index (χ1) is 13.0. The number of aromatic nitrogens is 1. The van der Waals surface area contributed by atoms with Crippen molar-refractivity contribution in [2.24, 2.45) is 0 Å². The first-order valence-electron chi connectivity index (χ1n) is 8.53. The van der Waals surface area contributed by atoms with E-state index in [9.17, 15) is 9.59 Å². The number of pyridine rings is 1. The maximum absolute atomic E-state index is 12.0. The first-order valence-corrected chi connectivity index (χ1v) is 8.53. The Morgan fingerprint density at radius 1 is 1.33 bits per heavy atom. The van der Waals surface area contributed by atoms with Crippen molar-refractivity contribution in [3.05, 3.63) is 47.7 Å². The number of ether oxygens (including phenoxy) is 1. The summed E-state index contributed by atoms with van der Waals surface area (Å²) in [6.07, 6.45) is 3.52. The number of nitrogens with one attached hydrogen (secondary N) is 3. The van der Waals surface area contributed by atoms with Crippen molar-refractivity contribution in [2.75, 3.05) is 11.9 Å². The molecule has 1 heterocycles. The highest BCUT2D eigenvalue weighted by Gasteiger charge is 2.23. The predicted molar refractivity (Wildman–Crippen MR) is 98.4 cm³/mol. The molecule has 1 aliphatic carbocycles. The predicted octanol–water partition coefficient (Wildman–Crippen LogP) is 2.45. The summed E-state index contributed by atoms with van der Waals surface area (Å²) in [5.41, 5.74) is 1.72. The highest BCUT2D eigenvalue weighted by Crippen LogP contribution is 2.26. The number of aryl methyl sites for hydroxylation is 1. The van der Waals surface area contributed by atoms with Crippen molar-refractivity contribution in [1.82, 2.24) is 15.6 Å². The molecule has 0 spiro atoms. The van der Waals surface area contributed by atoms with Crippen LogP contribution in [0.2, 0.25) is 0 Å². The van der Waals surface area contributed by atoms with E-state index in [1.54, 1.807) is 36.5 Å². The van der Waals surface area contributed by atoms with Crippen LogP contribution < -0.4 is 20.7 Å². The number of anilines is 1. The molecule has 3 N–H and O–H groups in total. The number of nitriles is 1. The van der Waals surface area contributed by atoms with E-state index in [1.807, 2.05) is 13.0 Å². The van der Waals surface area contributed by atoms with E-state index in [-0.39, 0.29) is 30.4 Å². The van der Waals surface area contributed by atoms with Crippen LogP contribution in [0.5, 0.6) is 11.6 Å². The molecule has 8 heteroatoms. The number of hydrogen-bond donors (Lipinski definition) is 3. The Hall–Kier alpha value is -3.60. The van der Waals surface area contributed by atoms with Gasteiger partial charge in [-0.3, -0.25) is 4.79 Å². The van der Waals surface area contributed by atoms with Crippen molar-refractivity contribution in [3.63, 3.8) is 0 Å². The second-order valence-electron chi connectivity index (χ2n) is 6.20. The number of amides is 3. The van der Waals surface area contributed by atoms with Gasteiger partial charge in [-0.1, -0.05) is 0 Å². The summed E-state index contributed by atoms with van der Waals surface area (Å²) in [5.74, 6) is 0.402. The molecular weight excluding hydrogens is 346 g/mol. The van der Waals surface area contributed by atoms with Gasteiger partial charge in [0, 0.05) is 17.9 Å². The molecule has 2 aromatic rings. The van der Waals surface area contributed by atoms with Crippen LogP contribution in [0.15, 0.2) is 36.5 Å². The van der Waals surface area contributed by atoms with E-state index in [0.29, 0.717) is 17.0 Å². The average molecular weight is 365 g/mol. The Morgan fingerprint density at radius 3 is 2.85 bits per heavy atom. The van der Waals surface area contributed by atoms with Gasteiger partial charge in [0.1, 0.15) is 17.4 Å². The summed E-state index contributed by atoms with van der Waals surface area (Å²) in [5, 5.41) is 17.1. The van der Waals surface area contributed by atoms with Crippen molar-refractivity contribution >= 4 is 17.6 Å². The Morgan fingerprint density at radius 2 is 2.15 bits per heavy atom. The van der Waals surface area contributed by atoms with Gasteiger partial charge in [-0.15, -0.1) is 0 Å². The molecule has 0 atom stereocenters. The Bertz CT molecular complexity index is 902. The Balaban J connectivity index is 1.56. The molecular formula is C19H19N5O3. The van der Waals surface area contributed by atoms with Crippen LogP contribution in [0.4, 0.5) is 10.5 Å². The molecule has 1 aromatic heterocycles. The van der Waals surface area contributed by atoms with Crippen molar-refractivity contribution < 1.29 is 14.3 Å². The molecule has 0 radical (unpaired) electrons. The van der Waals surface area contributed by atoms with Gasteiger partial charge in [0.05, 0.1) is 6.54 Å². The van der Waals surface area contributed by atoms with Gasteiger partial charge in [0.2, 0.25) is 11.8 Å². The standard InChI is InChI=1S/C19H19N5O3/c1-12-9-15(27-18-13(10-20)3-2-8-21-18)6-7-16(12)24-17(25)11-22-19(26)23-14-4-5-14/h2-3,6-9,14H,4-5,11H2,1H3,(H,24,25)(H2,22,23,26).